The summed E-state index contributed by atoms with van der Waals surface area (Å²) in [6, 6.07) is 9.53. The largest absolute Gasteiger partial charge is 0.459 e. The fraction of sp³-hybridized carbons (Fsp3) is 0.421. The van der Waals surface area contributed by atoms with Gasteiger partial charge in [0.1, 0.15) is 0 Å². The first kappa shape index (κ1) is 16.0. The fourth-order valence-electron chi connectivity index (χ4n) is 3.49. The van der Waals surface area contributed by atoms with E-state index in [0.717, 1.165) is 30.2 Å². The number of furan rings is 1. The van der Waals surface area contributed by atoms with E-state index >= 15 is 0 Å². The Morgan fingerprint density at radius 1 is 1.12 bits per heavy atom. The van der Waals surface area contributed by atoms with Gasteiger partial charge in [-0.1, -0.05) is 12.5 Å². The second-order valence-electron chi connectivity index (χ2n) is 6.41. The monoisotopic (exact) mass is 342 g/mol. The number of benzene rings is 1. The van der Waals surface area contributed by atoms with E-state index in [1.807, 2.05) is 12.1 Å². The van der Waals surface area contributed by atoms with E-state index in [-0.39, 0.29) is 18.7 Å². The predicted octanol–water partition coefficient (Wildman–Crippen LogP) is 2.97. The van der Waals surface area contributed by atoms with Gasteiger partial charge >= 0.3 is 0 Å². The predicted molar refractivity (Wildman–Crippen MR) is 91.8 cm³/mol. The standard InChI is InChI=1S/C19H22N2O4/c22-19(17-5-4-10-23-17)20-12-15(21-8-2-1-3-9-21)14-6-7-16-18(11-14)25-13-24-16/h4-7,10-11,15H,1-3,8-9,12-13H2,(H,20,22). The number of carbonyl (C=O) groups excluding carboxylic acids is 1. The van der Waals surface area contributed by atoms with Crippen molar-refractivity contribution in [3.63, 3.8) is 0 Å². The lowest BCUT2D eigenvalue weighted by Gasteiger charge is -2.35. The molecule has 6 nitrogen and oxygen atoms in total. The Balaban J connectivity index is 1.52. The van der Waals surface area contributed by atoms with E-state index in [9.17, 15) is 4.79 Å². The van der Waals surface area contributed by atoms with E-state index in [2.05, 4.69) is 16.3 Å². The third-order valence-corrected chi connectivity index (χ3v) is 4.81. The number of amides is 1. The number of hydrogen-bond acceptors (Lipinski definition) is 5. The second-order valence-corrected chi connectivity index (χ2v) is 6.41. The molecule has 1 amide bonds. The Morgan fingerprint density at radius 3 is 2.76 bits per heavy atom. The molecular formula is C19H22N2O4. The number of likely N-dealkylation sites (tertiary alicyclic amines) is 1. The Morgan fingerprint density at radius 2 is 1.96 bits per heavy atom. The molecule has 2 aliphatic heterocycles. The van der Waals surface area contributed by atoms with Crippen LogP contribution in [-0.4, -0.2) is 37.2 Å². The first-order valence-corrected chi connectivity index (χ1v) is 8.76. The van der Waals surface area contributed by atoms with E-state index in [4.69, 9.17) is 13.9 Å². The van der Waals surface area contributed by atoms with Crippen LogP contribution < -0.4 is 14.8 Å². The van der Waals surface area contributed by atoms with Gasteiger partial charge in [0.05, 0.1) is 12.3 Å². The molecule has 0 spiro atoms. The highest BCUT2D eigenvalue weighted by molar-refractivity contribution is 5.91. The molecule has 1 atom stereocenters. The highest BCUT2D eigenvalue weighted by Crippen LogP contribution is 2.36. The summed E-state index contributed by atoms with van der Waals surface area (Å²) >= 11 is 0. The molecule has 1 unspecified atom stereocenters. The first-order chi connectivity index (χ1) is 12.3. The van der Waals surface area contributed by atoms with Crippen molar-refractivity contribution in [1.29, 1.82) is 0 Å². The third-order valence-electron chi connectivity index (χ3n) is 4.81. The van der Waals surface area contributed by atoms with Crippen molar-refractivity contribution >= 4 is 5.91 Å². The number of nitrogens with one attached hydrogen (secondary N) is 1. The molecule has 0 saturated carbocycles. The summed E-state index contributed by atoms with van der Waals surface area (Å²) in [5.74, 6) is 1.70. The average Bonchev–Trinajstić information content (AvgIpc) is 3.34. The van der Waals surface area contributed by atoms with Crippen molar-refractivity contribution < 1.29 is 18.7 Å². The molecule has 2 aliphatic rings. The fourth-order valence-corrected chi connectivity index (χ4v) is 3.49. The molecule has 1 aromatic heterocycles. The van der Waals surface area contributed by atoms with Gasteiger partial charge in [-0.15, -0.1) is 0 Å². The highest BCUT2D eigenvalue weighted by atomic mass is 16.7. The second kappa shape index (κ2) is 7.19. The Kier molecular flexibility index (Phi) is 4.61. The molecule has 1 saturated heterocycles. The smallest absolute Gasteiger partial charge is 0.287 e. The van der Waals surface area contributed by atoms with Crippen molar-refractivity contribution in [3.8, 4) is 11.5 Å². The number of nitrogens with zero attached hydrogens (tertiary/aromatic N) is 1. The molecule has 0 bridgehead atoms. The summed E-state index contributed by atoms with van der Waals surface area (Å²) in [7, 11) is 0. The molecule has 0 radical (unpaired) electrons. The van der Waals surface area contributed by atoms with Crippen molar-refractivity contribution in [3.05, 3.63) is 47.9 Å². The number of piperidine rings is 1. The quantitative estimate of drug-likeness (QED) is 0.905. The molecule has 3 heterocycles. The zero-order valence-corrected chi connectivity index (χ0v) is 14.1. The Bertz CT molecular complexity index is 723. The van der Waals surface area contributed by atoms with E-state index in [1.165, 1.54) is 25.5 Å². The third kappa shape index (κ3) is 3.49. The summed E-state index contributed by atoms with van der Waals surface area (Å²) in [4.78, 5) is 14.7. The SMILES string of the molecule is O=C(NCC(c1ccc2c(c1)OCO2)N1CCCCC1)c1ccco1. The van der Waals surface area contributed by atoms with Crippen LogP contribution in [0, 0.1) is 0 Å². The van der Waals surface area contributed by atoms with Crippen molar-refractivity contribution in [1.82, 2.24) is 10.2 Å². The topological polar surface area (TPSA) is 63.9 Å². The van der Waals surface area contributed by atoms with Gasteiger partial charge in [0.2, 0.25) is 6.79 Å². The molecule has 1 N–H and O–H groups in total. The summed E-state index contributed by atoms with van der Waals surface area (Å²) < 4.78 is 16.1. The van der Waals surface area contributed by atoms with Crippen LogP contribution in [0.25, 0.3) is 0 Å². The summed E-state index contributed by atoms with van der Waals surface area (Å²) in [6.45, 7) is 2.87. The zero-order valence-electron chi connectivity index (χ0n) is 14.1. The number of carbonyl (C=O) groups is 1. The number of fused-ring (bicyclic) bond motifs is 1. The van der Waals surface area contributed by atoms with Gasteiger partial charge in [0, 0.05) is 6.54 Å². The van der Waals surface area contributed by atoms with Gasteiger partial charge in [0.25, 0.3) is 5.91 Å². The minimum Gasteiger partial charge on any atom is -0.459 e. The van der Waals surface area contributed by atoms with Crippen molar-refractivity contribution in [2.75, 3.05) is 26.4 Å². The molecule has 25 heavy (non-hydrogen) atoms. The molecule has 1 fully saturated rings. The summed E-state index contributed by atoms with van der Waals surface area (Å²) in [5.41, 5.74) is 1.13. The van der Waals surface area contributed by atoms with Gasteiger partial charge in [-0.2, -0.15) is 0 Å². The van der Waals surface area contributed by atoms with Crippen LogP contribution in [0.4, 0.5) is 0 Å². The molecule has 4 rings (SSSR count). The van der Waals surface area contributed by atoms with Gasteiger partial charge in [-0.05, 0) is 55.8 Å². The molecule has 6 heteroatoms. The lowest BCUT2D eigenvalue weighted by atomic mass is 10.0. The lowest BCUT2D eigenvalue weighted by molar-refractivity contribution is 0.0897. The van der Waals surface area contributed by atoms with Crippen LogP contribution in [0.2, 0.25) is 0 Å². The van der Waals surface area contributed by atoms with E-state index in [1.54, 1.807) is 12.1 Å². The Hall–Kier alpha value is -2.47. The van der Waals surface area contributed by atoms with E-state index < -0.39 is 0 Å². The van der Waals surface area contributed by atoms with Gasteiger partial charge in [-0.25, -0.2) is 0 Å². The van der Waals surface area contributed by atoms with Crippen LogP contribution in [0.5, 0.6) is 11.5 Å². The van der Waals surface area contributed by atoms with Gasteiger partial charge in [-0.3, -0.25) is 9.69 Å². The number of ether oxygens (including phenoxy) is 2. The Labute approximate surface area is 146 Å². The molecule has 0 aliphatic carbocycles. The van der Waals surface area contributed by atoms with E-state index in [0.29, 0.717) is 12.3 Å². The van der Waals surface area contributed by atoms with Crippen molar-refractivity contribution in [2.24, 2.45) is 0 Å². The minimum atomic E-state index is -0.187. The maximum absolute atomic E-state index is 12.2. The van der Waals surface area contributed by atoms with Crippen LogP contribution in [0.3, 0.4) is 0 Å². The van der Waals surface area contributed by atoms with Crippen LogP contribution in [0.1, 0.15) is 41.4 Å². The lowest BCUT2D eigenvalue weighted by Crippen LogP contribution is -2.40. The van der Waals surface area contributed by atoms with Crippen LogP contribution in [0.15, 0.2) is 41.0 Å². The maximum Gasteiger partial charge on any atom is 0.287 e. The van der Waals surface area contributed by atoms with Crippen LogP contribution >= 0.6 is 0 Å². The van der Waals surface area contributed by atoms with Gasteiger partial charge < -0.3 is 19.2 Å². The summed E-state index contributed by atoms with van der Waals surface area (Å²) in [6.07, 6.45) is 5.15. The number of rotatable bonds is 5. The zero-order chi connectivity index (χ0) is 17.1. The normalized spacial score (nSPS) is 18.1. The highest BCUT2D eigenvalue weighted by Gasteiger charge is 2.25. The van der Waals surface area contributed by atoms with Crippen molar-refractivity contribution in [2.45, 2.75) is 25.3 Å². The maximum atomic E-state index is 12.2. The van der Waals surface area contributed by atoms with Gasteiger partial charge in [0.15, 0.2) is 17.3 Å². The molecule has 1 aromatic carbocycles. The number of hydrogen-bond donors (Lipinski definition) is 1. The minimum absolute atomic E-state index is 0.105. The molecular weight excluding hydrogens is 320 g/mol. The average molecular weight is 342 g/mol. The summed E-state index contributed by atoms with van der Waals surface area (Å²) in [5, 5.41) is 3.00. The first-order valence-electron chi connectivity index (χ1n) is 8.76. The molecule has 2 aromatic rings. The molecule has 132 valence electrons. The van der Waals surface area contributed by atoms with Crippen LogP contribution in [-0.2, 0) is 0 Å².